The second-order valence-corrected chi connectivity index (χ2v) is 12.0. The van der Waals surface area contributed by atoms with E-state index >= 15 is 0 Å². The number of rotatable bonds is 9. The minimum Gasteiger partial charge on any atom is -0.369 e. The van der Waals surface area contributed by atoms with Crippen LogP contribution in [0.3, 0.4) is 0 Å². The van der Waals surface area contributed by atoms with Crippen LogP contribution in [-0.2, 0) is 30.8 Å². The molecule has 38 heavy (non-hydrogen) atoms. The first-order valence-electron chi connectivity index (χ1n) is 12.6. The van der Waals surface area contributed by atoms with Crippen LogP contribution in [0.4, 0.5) is 5.69 Å². The molecule has 2 N–H and O–H groups in total. The summed E-state index contributed by atoms with van der Waals surface area (Å²) in [6, 6.07) is 18.4. The number of benzene rings is 3. The molecule has 1 unspecified atom stereocenters. The molecule has 0 saturated carbocycles. The van der Waals surface area contributed by atoms with E-state index in [-0.39, 0.29) is 22.9 Å². The van der Waals surface area contributed by atoms with E-state index in [1.807, 2.05) is 38.1 Å². The van der Waals surface area contributed by atoms with Crippen LogP contribution in [0.1, 0.15) is 40.2 Å². The summed E-state index contributed by atoms with van der Waals surface area (Å²) in [6.07, 6.45) is 0.0651. The Labute approximate surface area is 224 Å². The molecule has 3 rings (SSSR count). The number of carbonyl (C=O) groups is 3. The second-order valence-electron chi connectivity index (χ2n) is 10.2. The second kappa shape index (κ2) is 11.3. The summed E-state index contributed by atoms with van der Waals surface area (Å²) in [4.78, 5) is 39.9. The Balaban J connectivity index is 2.01. The topological polar surface area (TPSA) is 118 Å². The summed E-state index contributed by atoms with van der Waals surface area (Å²) in [5.74, 6) is -2.72. The highest BCUT2D eigenvalue weighted by atomic mass is 32.2. The summed E-state index contributed by atoms with van der Waals surface area (Å²) in [6.45, 7) is 9.52. The van der Waals surface area contributed by atoms with Gasteiger partial charge in [0.1, 0.15) is 5.92 Å². The molecule has 9 heteroatoms. The van der Waals surface area contributed by atoms with Crippen LogP contribution in [0.25, 0.3) is 10.8 Å². The van der Waals surface area contributed by atoms with Crippen LogP contribution in [0.2, 0.25) is 0 Å². The number of hydrogen-bond acceptors (Lipinski definition) is 5. The third-order valence-corrected chi connectivity index (χ3v) is 8.12. The molecule has 3 aromatic carbocycles. The monoisotopic (exact) mass is 537 g/mol. The molecule has 8 nitrogen and oxygen atoms in total. The Kier molecular flexibility index (Phi) is 8.61. The first-order valence-corrected chi connectivity index (χ1v) is 14.0. The molecule has 0 spiro atoms. The molecule has 0 aromatic heterocycles. The quantitative estimate of drug-likeness (QED) is 0.412. The summed E-state index contributed by atoms with van der Waals surface area (Å²) in [5, 5.41) is 1.62. The highest BCUT2D eigenvalue weighted by Gasteiger charge is 2.37. The van der Waals surface area contributed by atoms with Crippen LogP contribution in [0.5, 0.6) is 0 Å². The Bertz CT molecular complexity index is 1440. The van der Waals surface area contributed by atoms with Crippen molar-refractivity contribution in [3.05, 3.63) is 72.3 Å². The lowest BCUT2D eigenvalue weighted by Gasteiger charge is -2.29. The summed E-state index contributed by atoms with van der Waals surface area (Å²) >= 11 is 0. The average molecular weight is 538 g/mol. The van der Waals surface area contributed by atoms with Gasteiger partial charge in [0.25, 0.3) is 10.0 Å². The van der Waals surface area contributed by atoms with Crippen molar-refractivity contribution in [3.63, 3.8) is 0 Å². The molecule has 3 amide bonds. The van der Waals surface area contributed by atoms with Gasteiger partial charge in [0, 0.05) is 18.5 Å². The lowest BCUT2D eigenvalue weighted by Crippen LogP contribution is -2.43. The highest BCUT2D eigenvalue weighted by molar-refractivity contribution is 7.93. The number of sulfonamides is 1. The number of nitrogens with zero attached hydrogens (tertiary/aromatic N) is 2. The predicted octanol–water partition coefficient (Wildman–Crippen LogP) is 4.12. The molecule has 0 bridgehead atoms. The van der Waals surface area contributed by atoms with Gasteiger partial charge in [-0.05, 0) is 60.9 Å². The van der Waals surface area contributed by atoms with E-state index in [4.69, 9.17) is 5.73 Å². The Hall–Kier alpha value is -3.72. The predicted molar refractivity (Wildman–Crippen MR) is 149 cm³/mol. The third kappa shape index (κ3) is 6.05. The average Bonchev–Trinajstić information content (AvgIpc) is 2.87. The van der Waals surface area contributed by atoms with Crippen LogP contribution < -0.4 is 10.0 Å². The van der Waals surface area contributed by atoms with Gasteiger partial charge in [-0.3, -0.25) is 14.4 Å². The van der Waals surface area contributed by atoms with Crippen molar-refractivity contribution in [3.8, 4) is 0 Å². The lowest BCUT2D eigenvalue weighted by atomic mass is 9.95. The highest BCUT2D eigenvalue weighted by Crippen LogP contribution is 2.31. The SMILES string of the molecule is CCN(CC)C(=O)C(Cc1ccc(N(C(=O)C(C)(C)C)S(=O)(=O)c2ccc3ccccc3c2)cc1)C(N)=O. The van der Waals surface area contributed by atoms with Crippen molar-refractivity contribution < 1.29 is 22.8 Å². The number of amides is 3. The van der Waals surface area contributed by atoms with Gasteiger partial charge in [-0.1, -0.05) is 63.2 Å². The van der Waals surface area contributed by atoms with Crippen molar-refractivity contribution in [1.82, 2.24) is 4.90 Å². The van der Waals surface area contributed by atoms with Crippen LogP contribution in [0.15, 0.2) is 71.6 Å². The van der Waals surface area contributed by atoms with E-state index in [0.29, 0.717) is 18.7 Å². The maximum Gasteiger partial charge on any atom is 0.270 e. The molecular weight excluding hydrogens is 502 g/mol. The Morgan fingerprint density at radius 1 is 0.868 bits per heavy atom. The molecule has 0 fully saturated rings. The lowest BCUT2D eigenvalue weighted by molar-refractivity contribution is -0.140. The maximum absolute atomic E-state index is 13.8. The Morgan fingerprint density at radius 2 is 1.45 bits per heavy atom. The van der Waals surface area contributed by atoms with Crippen molar-refractivity contribution in [2.45, 2.75) is 45.9 Å². The zero-order valence-electron chi connectivity index (χ0n) is 22.5. The third-order valence-electron chi connectivity index (χ3n) is 6.41. The number of nitrogens with two attached hydrogens (primary N) is 1. The summed E-state index contributed by atoms with van der Waals surface area (Å²) < 4.78 is 28.5. The van der Waals surface area contributed by atoms with Gasteiger partial charge in [-0.2, -0.15) is 0 Å². The van der Waals surface area contributed by atoms with Crippen molar-refractivity contribution in [2.24, 2.45) is 17.1 Å². The molecule has 0 saturated heterocycles. The van der Waals surface area contributed by atoms with Gasteiger partial charge in [-0.25, -0.2) is 12.7 Å². The number of anilines is 1. The van der Waals surface area contributed by atoms with E-state index in [2.05, 4.69) is 0 Å². The smallest absolute Gasteiger partial charge is 0.270 e. The fourth-order valence-electron chi connectivity index (χ4n) is 4.17. The number of fused-ring (bicyclic) bond motifs is 1. The molecule has 3 aromatic rings. The van der Waals surface area contributed by atoms with Gasteiger partial charge >= 0.3 is 0 Å². The van der Waals surface area contributed by atoms with Crippen molar-refractivity contribution in [1.29, 1.82) is 0 Å². The van der Waals surface area contributed by atoms with Gasteiger partial charge in [0.15, 0.2) is 0 Å². The van der Waals surface area contributed by atoms with Gasteiger partial charge < -0.3 is 10.6 Å². The molecular formula is C29H35N3O5S. The zero-order valence-corrected chi connectivity index (χ0v) is 23.3. The summed E-state index contributed by atoms with van der Waals surface area (Å²) in [5.41, 5.74) is 5.33. The largest absolute Gasteiger partial charge is 0.369 e. The fraction of sp³-hybridized carbons (Fsp3) is 0.345. The number of carbonyl (C=O) groups excluding carboxylic acids is 3. The molecule has 0 radical (unpaired) electrons. The van der Waals surface area contributed by atoms with Crippen molar-refractivity contribution >= 4 is 44.2 Å². The number of hydrogen-bond donors (Lipinski definition) is 1. The van der Waals surface area contributed by atoms with Crippen LogP contribution in [-0.4, -0.2) is 44.1 Å². The molecule has 0 aliphatic carbocycles. The normalized spacial score (nSPS) is 12.7. The van der Waals surface area contributed by atoms with Gasteiger partial charge in [0.2, 0.25) is 17.7 Å². The van der Waals surface area contributed by atoms with E-state index in [1.165, 1.54) is 18.2 Å². The molecule has 202 valence electrons. The van der Waals surface area contributed by atoms with E-state index in [0.717, 1.165) is 15.1 Å². The summed E-state index contributed by atoms with van der Waals surface area (Å²) in [7, 11) is -4.26. The zero-order chi connectivity index (χ0) is 28.3. The minimum atomic E-state index is -4.26. The van der Waals surface area contributed by atoms with E-state index in [1.54, 1.807) is 49.9 Å². The maximum atomic E-state index is 13.8. The van der Waals surface area contributed by atoms with Gasteiger partial charge in [-0.15, -0.1) is 0 Å². The Morgan fingerprint density at radius 3 is 1.97 bits per heavy atom. The van der Waals surface area contributed by atoms with Gasteiger partial charge in [0.05, 0.1) is 10.6 Å². The molecule has 1 atom stereocenters. The fourth-order valence-corrected chi connectivity index (χ4v) is 5.79. The molecule has 0 heterocycles. The van der Waals surface area contributed by atoms with Crippen LogP contribution in [0, 0.1) is 11.3 Å². The number of primary amides is 1. The van der Waals surface area contributed by atoms with E-state index in [9.17, 15) is 22.8 Å². The first-order chi connectivity index (χ1) is 17.8. The molecule has 0 aliphatic rings. The standard InChI is InChI=1S/C29H35N3O5S/c1-6-31(7-2)27(34)25(26(30)33)18-20-12-15-23(16-13-20)32(28(35)29(3,4)5)38(36,37)24-17-14-21-10-8-9-11-22(21)19-24/h8-17,19,25H,6-7,18H2,1-5H3,(H2,30,33). The minimum absolute atomic E-state index is 0.00325. The van der Waals surface area contributed by atoms with E-state index < -0.39 is 33.2 Å². The molecule has 0 aliphatic heterocycles. The van der Waals surface area contributed by atoms with Crippen LogP contribution >= 0.6 is 0 Å². The van der Waals surface area contributed by atoms with Crippen molar-refractivity contribution in [2.75, 3.05) is 17.4 Å². The first kappa shape index (κ1) is 28.8.